The van der Waals surface area contributed by atoms with Crippen molar-refractivity contribution in [2.24, 2.45) is 0 Å². The van der Waals surface area contributed by atoms with E-state index in [1.807, 2.05) is 0 Å². The van der Waals surface area contributed by atoms with Crippen molar-refractivity contribution < 1.29 is 23.5 Å². The summed E-state index contributed by atoms with van der Waals surface area (Å²) in [6.07, 6.45) is 0.409. The summed E-state index contributed by atoms with van der Waals surface area (Å²) in [5.74, 6) is -1.47. The highest BCUT2D eigenvalue weighted by Gasteiger charge is 2.49. The van der Waals surface area contributed by atoms with Crippen molar-refractivity contribution in [2.45, 2.75) is 32.2 Å². The standard InChI is InChI=1S/C16H19FN2O4/c1-3-23-13(20)9-6-10-19-14(21)16(2,18-15(19)22)11-7-4-5-8-12(11)17/h4-5,7-8H,3,6,9-10H2,1-2H3,(H,18,22). The lowest BCUT2D eigenvalue weighted by molar-refractivity contribution is -0.143. The fourth-order valence-corrected chi connectivity index (χ4v) is 2.56. The van der Waals surface area contributed by atoms with Crippen LogP contribution < -0.4 is 5.32 Å². The smallest absolute Gasteiger partial charge is 0.325 e. The fraction of sp³-hybridized carbons (Fsp3) is 0.438. The number of nitrogens with zero attached hydrogens (tertiary/aromatic N) is 1. The molecule has 124 valence electrons. The third-order valence-corrected chi connectivity index (χ3v) is 3.76. The third-order valence-electron chi connectivity index (χ3n) is 3.76. The SMILES string of the molecule is CCOC(=O)CCCN1C(=O)NC(C)(c2ccccc2F)C1=O. The highest BCUT2D eigenvalue weighted by molar-refractivity contribution is 6.07. The van der Waals surface area contributed by atoms with E-state index in [9.17, 15) is 18.8 Å². The number of halogens is 1. The summed E-state index contributed by atoms with van der Waals surface area (Å²) in [6.45, 7) is 3.53. The number of hydrogen-bond donors (Lipinski definition) is 1. The topological polar surface area (TPSA) is 75.7 Å². The minimum Gasteiger partial charge on any atom is -0.466 e. The van der Waals surface area contributed by atoms with Gasteiger partial charge in [-0.15, -0.1) is 0 Å². The van der Waals surface area contributed by atoms with E-state index in [0.717, 1.165) is 4.90 Å². The van der Waals surface area contributed by atoms with E-state index in [1.54, 1.807) is 13.0 Å². The zero-order valence-electron chi connectivity index (χ0n) is 13.1. The molecule has 6 nitrogen and oxygen atoms in total. The normalized spacial score (nSPS) is 20.6. The van der Waals surface area contributed by atoms with E-state index in [2.05, 4.69) is 5.32 Å². The summed E-state index contributed by atoms with van der Waals surface area (Å²) in [5.41, 5.74) is -1.32. The first-order chi connectivity index (χ1) is 10.9. The van der Waals surface area contributed by atoms with Gasteiger partial charge in [0.1, 0.15) is 11.4 Å². The number of imide groups is 1. The average molecular weight is 322 g/mol. The molecule has 0 aliphatic carbocycles. The first-order valence-electron chi connectivity index (χ1n) is 7.45. The molecule has 1 aliphatic heterocycles. The quantitative estimate of drug-likeness (QED) is 0.641. The van der Waals surface area contributed by atoms with Crippen molar-refractivity contribution in [3.63, 3.8) is 0 Å². The fourth-order valence-electron chi connectivity index (χ4n) is 2.56. The molecule has 0 aromatic heterocycles. The van der Waals surface area contributed by atoms with Crippen molar-refractivity contribution in [1.29, 1.82) is 0 Å². The van der Waals surface area contributed by atoms with E-state index < -0.39 is 23.3 Å². The molecule has 1 unspecified atom stereocenters. The lowest BCUT2D eigenvalue weighted by Crippen LogP contribution is -2.41. The maximum Gasteiger partial charge on any atom is 0.325 e. The summed E-state index contributed by atoms with van der Waals surface area (Å²) < 4.78 is 18.8. The maximum absolute atomic E-state index is 14.0. The van der Waals surface area contributed by atoms with Gasteiger partial charge in [-0.25, -0.2) is 9.18 Å². The van der Waals surface area contributed by atoms with Gasteiger partial charge in [0, 0.05) is 18.5 Å². The molecule has 7 heteroatoms. The van der Waals surface area contributed by atoms with Gasteiger partial charge in [-0.2, -0.15) is 0 Å². The molecule has 23 heavy (non-hydrogen) atoms. The van der Waals surface area contributed by atoms with Crippen LogP contribution in [-0.2, 0) is 19.9 Å². The second-order valence-electron chi connectivity index (χ2n) is 5.40. The Labute approximate surface area is 133 Å². The summed E-state index contributed by atoms with van der Waals surface area (Å²) >= 11 is 0. The van der Waals surface area contributed by atoms with Crippen molar-refractivity contribution >= 4 is 17.9 Å². The zero-order valence-corrected chi connectivity index (χ0v) is 13.1. The lowest BCUT2D eigenvalue weighted by Gasteiger charge is -2.22. The largest absolute Gasteiger partial charge is 0.466 e. The van der Waals surface area contributed by atoms with Crippen LogP contribution in [0.15, 0.2) is 24.3 Å². The van der Waals surface area contributed by atoms with E-state index in [-0.39, 0.29) is 31.1 Å². The summed E-state index contributed by atoms with van der Waals surface area (Å²) in [4.78, 5) is 36.9. The van der Waals surface area contributed by atoms with Gasteiger partial charge in [0.25, 0.3) is 5.91 Å². The molecule has 1 heterocycles. The number of ether oxygens (including phenoxy) is 1. The van der Waals surface area contributed by atoms with Gasteiger partial charge in [0.2, 0.25) is 0 Å². The molecule has 1 aromatic rings. The Balaban J connectivity index is 2.08. The number of urea groups is 1. The number of carbonyl (C=O) groups excluding carboxylic acids is 3. The maximum atomic E-state index is 14.0. The van der Waals surface area contributed by atoms with Crippen LogP contribution in [0, 0.1) is 5.82 Å². The molecule has 3 amide bonds. The van der Waals surface area contributed by atoms with Crippen molar-refractivity contribution in [3.8, 4) is 0 Å². The summed E-state index contributed by atoms with van der Waals surface area (Å²) in [7, 11) is 0. The summed E-state index contributed by atoms with van der Waals surface area (Å²) in [5, 5.41) is 2.53. The molecule has 1 N–H and O–H groups in total. The van der Waals surface area contributed by atoms with E-state index in [0.29, 0.717) is 6.42 Å². The first-order valence-corrected chi connectivity index (χ1v) is 7.45. The van der Waals surface area contributed by atoms with Gasteiger partial charge >= 0.3 is 12.0 Å². The Morgan fingerprint density at radius 2 is 2.04 bits per heavy atom. The number of nitrogens with one attached hydrogen (secondary N) is 1. The number of rotatable bonds is 6. The highest BCUT2D eigenvalue weighted by Crippen LogP contribution is 2.30. The number of carbonyl (C=O) groups is 3. The number of hydrogen-bond acceptors (Lipinski definition) is 4. The van der Waals surface area contributed by atoms with Crippen LogP contribution in [0.4, 0.5) is 9.18 Å². The van der Waals surface area contributed by atoms with Crippen molar-refractivity contribution in [1.82, 2.24) is 10.2 Å². The van der Waals surface area contributed by atoms with Crippen molar-refractivity contribution in [3.05, 3.63) is 35.6 Å². The molecule has 0 radical (unpaired) electrons. The number of benzene rings is 1. The van der Waals surface area contributed by atoms with Crippen molar-refractivity contribution in [2.75, 3.05) is 13.2 Å². The molecule has 1 aromatic carbocycles. The van der Waals surface area contributed by atoms with Crippen LogP contribution >= 0.6 is 0 Å². The Hall–Kier alpha value is -2.44. The van der Waals surface area contributed by atoms with Crippen LogP contribution in [0.25, 0.3) is 0 Å². The molecular formula is C16H19FN2O4. The first kappa shape index (κ1) is 16.9. The molecule has 1 fully saturated rings. The number of esters is 1. The average Bonchev–Trinajstić information content (AvgIpc) is 2.72. The molecule has 0 bridgehead atoms. The minimum absolute atomic E-state index is 0.0769. The predicted molar refractivity (Wildman–Crippen MR) is 79.9 cm³/mol. The molecular weight excluding hydrogens is 303 g/mol. The summed E-state index contributed by atoms with van der Waals surface area (Å²) in [6, 6.07) is 5.23. The van der Waals surface area contributed by atoms with E-state index >= 15 is 0 Å². The van der Waals surface area contributed by atoms with Crippen LogP contribution in [0.1, 0.15) is 32.3 Å². The van der Waals surface area contributed by atoms with Gasteiger partial charge in [0.15, 0.2) is 0 Å². The highest BCUT2D eigenvalue weighted by atomic mass is 19.1. The molecule has 1 atom stereocenters. The Morgan fingerprint density at radius 3 is 2.70 bits per heavy atom. The van der Waals surface area contributed by atoms with Gasteiger partial charge in [0.05, 0.1) is 6.61 Å². The van der Waals surface area contributed by atoms with Gasteiger partial charge in [-0.1, -0.05) is 18.2 Å². The van der Waals surface area contributed by atoms with E-state index in [4.69, 9.17) is 4.74 Å². The molecule has 1 aliphatic rings. The molecule has 1 saturated heterocycles. The predicted octanol–water partition coefficient (Wildman–Crippen LogP) is 1.94. The van der Waals surface area contributed by atoms with E-state index in [1.165, 1.54) is 25.1 Å². The Bertz CT molecular complexity index is 634. The van der Waals surface area contributed by atoms with Crippen LogP contribution in [-0.4, -0.2) is 36.0 Å². The third kappa shape index (κ3) is 3.33. The monoisotopic (exact) mass is 322 g/mol. The zero-order chi connectivity index (χ0) is 17.0. The minimum atomic E-state index is -1.44. The van der Waals surface area contributed by atoms with Gasteiger partial charge in [-0.05, 0) is 26.3 Å². The van der Waals surface area contributed by atoms with Crippen LogP contribution in [0.3, 0.4) is 0 Å². The molecule has 0 spiro atoms. The second-order valence-corrected chi connectivity index (χ2v) is 5.40. The Morgan fingerprint density at radius 1 is 1.35 bits per heavy atom. The van der Waals surface area contributed by atoms with Gasteiger partial charge in [-0.3, -0.25) is 14.5 Å². The molecule has 0 saturated carbocycles. The van der Waals surface area contributed by atoms with Gasteiger partial charge < -0.3 is 10.1 Å². The Kier molecular flexibility index (Phi) is 4.98. The second kappa shape index (κ2) is 6.76. The lowest BCUT2D eigenvalue weighted by atomic mass is 9.91. The molecule has 2 rings (SSSR count). The van der Waals surface area contributed by atoms with Crippen LogP contribution in [0.5, 0.6) is 0 Å². The number of amides is 3. The van der Waals surface area contributed by atoms with Crippen LogP contribution in [0.2, 0.25) is 0 Å².